The average molecular weight is 148 g/mol. The van der Waals surface area contributed by atoms with Gasteiger partial charge in [0.05, 0.1) is 0 Å². The summed E-state index contributed by atoms with van der Waals surface area (Å²) in [7, 11) is 0. The fraction of sp³-hybridized carbons (Fsp3) is 1.00. The quantitative estimate of drug-likeness (QED) is 0.420. The van der Waals surface area contributed by atoms with Crippen LogP contribution < -0.4 is 0 Å². The largest absolute Gasteiger partial charge is 0.356 e. The van der Waals surface area contributed by atoms with Crippen LogP contribution in [0.1, 0.15) is 20.8 Å². The minimum atomic E-state index is -0.156. The first-order chi connectivity index (χ1) is 4.81. The summed E-state index contributed by atoms with van der Waals surface area (Å²) in [6, 6.07) is 0. The Morgan fingerprint density at radius 1 is 1.10 bits per heavy atom. The van der Waals surface area contributed by atoms with Gasteiger partial charge in [-0.1, -0.05) is 0 Å². The molecule has 0 aromatic heterocycles. The number of hydrogen-bond acceptors (Lipinski definition) is 3. The van der Waals surface area contributed by atoms with Crippen LogP contribution in [0.5, 0.6) is 0 Å². The van der Waals surface area contributed by atoms with Gasteiger partial charge in [-0.05, 0) is 20.8 Å². The smallest absolute Gasteiger partial charge is 0.157 e. The number of rotatable bonds is 6. The molecule has 0 saturated carbocycles. The van der Waals surface area contributed by atoms with Crippen LogP contribution in [0.2, 0.25) is 0 Å². The summed E-state index contributed by atoms with van der Waals surface area (Å²) in [4.78, 5) is 0. The van der Waals surface area contributed by atoms with Crippen LogP contribution in [-0.4, -0.2) is 26.3 Å². The van der Waals surface area contributed by atoms with Crippen molar-refractivity contribution < 1.29 is 14.2 Å². The summed E-state index contributed by atoms with van der Waals surface area (Å²) in [6.07, 6.45) is -0.156. The maximum atomic E-state index is 5.09. The van der Waals surface area contributed by atoms with Crippen LogP contribution in [0.15, 0.2) is 0 Å². The van der Waals surface area contributed by atoms with E-state index >= 15 is 0 Å². The lowest BCUT2D eigenvalue weighted by molar-refractivity contribution is -0.182. The Kier molecular flexibility index (Phi) is 6.91. The van der Waals surface area contributed by atoms with E-state index in [-0.39, 0.29) is 6.29 Å². The molecule has 0 N–H and O–H groups in total. The van der Waals surface area contributed by atoms with Gasteiger partial charge in [-0.3, -0.25) is 0 Å². The Hall–Kier alpha value is -0.120. The van der Waals surface area contributed by atoms with Crippen molar-refractivity contribution in [1.29, 1.82) is 0 Å². The molecule has 0 radical (unpaired) electrons. The molecule has 0 saturated heterocycles. The highest BCUT2D eigenvalue weighted by atomic mass is 16.7. The molecule has 62 valence electrons. The molecule has 3 heteroatoms. The topological polar surface area (TPSA) is 27.7 Å². The predicted molar refractivity (Wildman–Crippen MR) is 38.7 cm³/mol. The third-order valence-electron chi connectivity index (χ3n) is 0.992. The van der Waals surface area contributed by atoms with Crippen molar-refractivity contribution in [3.8, 4) is 0 Å². The van der Waals surface area contributed by atoms with Crippen molar-refractivity contribution >= 4 is 0 Å². The highest BCUT2D eigenvalue weighted by Gasteiger charge is 1.97. The standard InChI is InChI=1S/C7H16O3/c1-4-8-6-10-7(3)9-5-2/h7H,4-6H2,1-3H3. The zero-order valence-electron chi connectivity index (χ0n) is 6.92. The molecule has 0 rings (SSSR count). The van der Waals surface area contributed by atoms with Gasteiger partial charge in [0.1, 0.15) is 6.79 Å². The zero-order valence-corrected chi connectivity index (χ0v) is 6.92. The van der Waals surface area contributed by atoms with Crippen LogP contribution in [0.4, 0.5) is 0 Å². The molecule has 10 heavy (non-hydrogen) atoms. The predicted octanol–water partition coefficient (Wildman–Crippen LogP) is 1.38. The molecule has 1 atom stereocenters. The molecule has 0 fully saturated rings. The van der Waals surface area contributed by atoms with Gasteiger partial charge in [0, 0.05) is 13.2 Å². The lowest BCUT2D eigenvalue weighted by Gasteiger charge is -2.11. The van der Waals surface area contributed by atoms with E-state index in [1.165, 1.54) is 0 Å². The van der Waals surface area contributed by atoms with E-state index < -0.39 is 0 Å². The van der Waals surface area contributed by atoms with Gasteiger partial charge in [0.15, 0.2) is 6.29 Å². The van der Waals surface area contributed by atoms with Gasteiger partial charge >= 0.3 is 0 Å². The molecule has 0 amide bonds. The fourth-order valence-electron chi connectivity index (χ4n) is 0.510. The minimum Gasteiger partial charge on any atom is -0.356 e. The van der Waals surface area contributed by atoms with E-state index in [4.69, 9.17) is 14.2 Å². The van der Waals surface area contributed by atoms with Crippen LogP contribution in [-0.2, 0) is 14.2 Å². The highest BCUT2D eigenvalue weighted by Crippen LogP contribution is 1.92. The van der Waals surface area contributed by atoms with Gasteiger partial charge < -0.3 is 14.2 Å². The van der Waals surface area contributed by atoms with Gasteiger partial charge in [0.2, 0.25) is 0 Å². The SMILES string of the molecule is CCOCOC(C)OCC. The van der Waals surface area contributed by atoms with Crippen molar-refractivity contribution in [2.24, 2.45) is 0 Å². The fourth-order valence-corrected chi connectivity index (χ4v) is 0.510. The first-order valence-electron chi connectivity index (χ1n) is 3.62. The van der Waals surface area contributed by atoms with Gasteiger partial charge in [-0.2, -0.15) is 0 Å². The second-order valence-corrected chi connectivity index (χ2v) is 1.80. The molecule has 0 heterocycles. The molecule has 0 aromatic carbocycles. The third-order valence-corrected chi connectivity index (χ3v) is 0.992. The van der Waals surface area contributed by atoms with E-state index in [2.05, 4.69) is 0 Å². The molecule has 0 spiro atoms. The molecular weight excluding hydrogens is 132 g/mol. The Morgan fingerprint density at radius 2 is 1.80 bits per heavy atom. The number of ether oxygens (including phenoxy) is 3. The van der Waals surface area contributed by atoms with Crippen molar-refractivity contribution in [1.82, 2.24) is 0 Å². The summed E-state index contributed by atoms with van der Waals surface area (Å²) < 4.78 is 15.1. The second-order valence-electron chi connectivity index (χ2n) is 1.80. The summed E-state index contributed by atoms with van der Waals surface area (Å²) >= 11 is 0. The molecule has 0 aliphatic rings. The normalized spacial score (nSPS) is 13.5. The molecular formula is C7H16O3. The minimum absolute atomic E-state index is 0.156. The van der Waals surface area contributed by atoms with Crippen molar-refractivity contribution in [2.75, 3.05) is 20.0 Å². The Balaban J connectivity index is 2.97. The zero-order chi connectivity index (χ0) is 7.82. The number of hydrogen-bond donors (Lipinski definition) is 0. The van der Waals surface area contributed by atoms with Crippen LogP contribution in [0.3, 0.4) is 0 Å². The van der Waals surface area contributed by atoms with Gasteiger partial charge in [-0.25, -0.2) is 0 Å². The maximum Gasteiger partial charge on any atom is 0.157 e. The van der Waals surface area contributed by atoms with E-state index in [1.54, 1.807) is 0 Å². The van der Waals surface area contributed by atoms with E-state index in [9.17, 15) is 0 Å². The second kappa shape index (κ2) is 6.99. The van der Waals surface area contributed by atoms with Gasteiger partial charge in [-0.15, -0.1) is 0 Å². The summed E-state index contributed by atoms with van der Waals surface area (Å²) in [5, 5.41) is 0. The van der Waals surface area contributed by atoms with E-state index in [1.807, 2.05) is 20.8 Å². The Bertz CT molecular complexity index is 65.9. The monoisotopic (exact) mass is 148 g/mol. The molecule has 0 aliphatic carbocycles. The molecule has 1 unspecified atom stereocenters. The van der Waals surface area contributed by atoms with E-state index in [0.29, 0.717) is 20.0 Å². The van der Waals surface area contributed by atoms with Crippen LogP contribution in [0, 0.1) is 0 Å². The lowest BCUT2D eigenvalue weighted by atomic mass is 10.7. The molecule has 0 bridgehead atoms. The van der Waals surface area contributed by atoms with Crippen LogP contribution in [0.25, 0.3) is 0 Å². The van der Waals surface area contributed by atoms with Crippen LogP contribution >= 0.6 is 0 Å². The lowest BCUT2D eigenvalue weighted by Crippen LogP contribution is -2.14. The molecule has 0 aromatic rings. The van der Waals surface area contributed by atoms with Crippen molar-refractivity contribution in [3.05, 3.63) is 0 Å². The van der Waals surface area contributed by atoms with Crippen molar-refractivity contribution in [3.63, 3.8) is 0 Å². The van der Waals surface area contributed by atoms with E-state index in [0.717, 1.165) is 0 Å². The molecule has 3 nitrogen and oxygen atoms in total. The Morgan fingerprint density at radius 3 is 2.30 bits per heavy atom. The first-order valence-corrected chi connectivity index (χ1v) is 3.62. The highest BCUT2D eigenvalue weighted by molar-refractivity contribution is 4.25. The third kappa shape index (κ3) is 6.01. The Labute approximate surface area is 62.3 Å². The summed E-state index contributed by atoms with van der Waals surface area (Å²) in [5.41, 5.74) is 0. The summed E-state index contributed by atoms with van der Waals surface area (Å²) in [6.45, 7) is 7.38. The maximum absolute atomic E-state index is 5.09. The van der Waals surface area contributed by atoms with Crippen molar-refractivity contribution in [2.45, 2.75) is 27.1 Å². The van der Waals surface area contributed by atoms with Gasteiger partial charge in [0.25, 0.3) is 0 Å². The molecule has 0 aliphatic heterocycles. The first kappa shape index (κ1) is 9.88. The summed E-state index contributed by atoms with van der Waals surface area (Å²) in [5.74, 6) is 0. The average Bonchev–Trinajstić information content (AvgIpc) is 1.89.